The molecular weight excluding hydrogens is 262 g/mol. The molecule has 0 saturated carbocycles. The van der Waals surface area contributed by atoms with Gasteiger partial charge in [0.1, 0.15) is 16.3 Å². The number of carbonyl (C=O) groups is 1. The van der Waals surface area contributed by atoms with Crippen LogP contribution >= 0.6 is 11.3 Å². The lowest BCUT2D eigenvalue weighted by Crippen LogP contribution is -2.00. The molecule has 0 saturated heterocycles. The Kier molecular flexibility index (Phi) is 3.76. The number of benzene rings is 1. The van der Waals surface area contributed by atoms with Gasteiger partial charge in [-0.05, 0) is 37.1 Å². The number of ether oxygens (including phenoxy) is 1. The predicted octanol–water partition coefficient (Wildman–Crippen LogP) is 3.40. The van der Waals surface area contributed by atoms with E-state index in [0.29, 0.717) is 17.2 Å². The molecule has 1 aromatic heterocycles. The molecule has 1 heterocycles. The van der Waals surface area contributed by atoms with Gasteiger partial charge in [-0.2, -0.15) is 0 Å². The number of aryl methyl sites for hydroxylation is 1. The summed E-state index contributed by atoms with van der Waals surface area (Å²) in [5.41, 5.74) is 8.35. The second kappa shape index (κ2) is 5.32. The van der Waals surface area contributed by atoms with Gasteiger partial charge in [-0.15, -0.1) is 11.3 Å². The molecule has 1 aromatic carbocycles. The van der Waals surface area contributed by atoms with Gasteiger partial charge in [0, 0.05) is 10.9 Å². The molecule has 0 aliphatic rings. The molecule has 0 unspecified atom stereocenters. The zero-order valence-corrected chi connectivity index (χ0v) is 11.6. The van der Waals surface area contributed by atoms with Gasteiger partial charge in [0.05, 0.1) is 6.61 Å². The van der Waals surface area contributed by atoms with Crippen LogP contribution < -0.4 is 10.5 Å². The molecule has 5 heteroatoms. The highest BCUT2D eigenvalue weighted by Crippen LogP contribution is 2.35. The molecule has 100 valence electrons. The molecule has 3 N–H and O–H groups in total. The van der Waals surface area contributed by atoms with Crippen LogP contribution in [0.25, 0.3) is 11.1 Å². The van der Waals surface area contributed by atoms with Crippen LogP contribution in [0.5, 0.6) is 5.75 Å². The van der Waals surface area contributed by atoms with E-state index in [-0.39, 0.29) is 5.56 Å². The highest BCUT2D eigenvalue weighted by molar-refractivity contribution is 7.14. The summed E-state index contributed by atoms with van der Waals surface area (Å²) < 4.78 is 5.47. The quantitative estimate of drug-likeness (QED) is 0.898. The van der Waals surface area contributed by atoms with Crippen LogP contribution in [0.1, 0.15) is 22.8 Å². The van der Waals surface area contributed by atoms with Gasteiger partial charge in [-0.1, -0.05) is 6.07 Å². The van der Waals surface area contributed by atoms with Crippen molar-refractivity contribution >= 4 is 22.3 Å². The Morgan fingerprint density at radius 3 is 2.79 bits per heavy atom. The summed E-state index contributed by atoms with van der Waals surface area (Å²) in [5, 5.41) is 11.3. The maximum atomic E-state index is 11.2. The lowest BCUT2D eigenvalue weighted by atomic mass is 10.0. The van der Waals surface area contributed by atoms with E-state index < -0.39 is 5.97 Å². The molecule has 4 nitrogen and oxygen atoms in total. The molecule has 0 aliphatic heterocycles. The third-order valence-electron chi connectivity index (χ3n) is 2.82. The van der Waals surface area contributed by atoms with Crippen LogP contribution in [-0.2, 0) is 0 Å². The number of nitrogens with two attached hydrogens (primary N) is 1. The fourth-order valence-corrected chi connectivity index (χ4v) is 2.75. The van der Waals surface area contributed by atoms with Crippen molar-refractivity contribution in [3.8, 4) is 16.9 Å². The molecule has 0 spiro atoms. The van der Waals surface area contributed by atoms with Gasteiger partial charge < -0.3 is 15.6 Å². The first-order chi connectivity index (χ1) is 9.04. The summed E-state index contributed by atoms with van der Waals surface area (Å²) in [7, 11) is 0. The molecule has 0 radical (unpaired) electrons. The third-order valence-corrected chi connectivity index (χ3v) is 3.63. The number of carboxylic acids is 1. The number of hydrogen-bond donors (Lipinski definition) is 2. The summed E-state index contributed by atoms with van der Waals surface area (Å²) >= 11 is 1.24. The zero-order valence-electron chi connectivity index (χ0n) is 10.8. The van der Waals surface area contributed by atoms with Crippen LogP contribution in [0.2, 0.25) is 0 Å². The summed E-state index contributed by atoms with van der Waals surface area (Å²) in [5.74, 6) is -0.188. The van der Waals surface area contributed by atoms with Crippen LogP contribution in [0, 0.1) is 6.92 Å². The second-order valence-corrected chi connectivity index (χ2v) is 5.02. The SMILES string of the molecule is CCOc1ccc(-c2csc(N)c2C(=O)O)cc1C. The van der Waals surface area contributed by atoms with Gasteiger partial charge in [-0.25, -0.2) is 4.79 Å². The van der Waals surface area contributed by atoms with Crippen LogP contribution in [0.3, 0.4) is 0 Å². The van der Waals surface area contributed by atoms with Gasteiger partial charge >= 0.3 is 5.97 Å². The minimum atomic E-state index is -1.000. The molecule has 0 fully saturated rings. The Morgan fingerprint density at radius 2 is 2.21 bits per heavy atom. The van der Waals surface area contributed by atoms with Crippen LogP contribution in [0.4, 0.5) is 5.00 Å². The first-order valence-corrected chi connectivity index (χ1v) is 6.76. The largest absolute Gasteiger partial charge is 0.494 e. The summed E-state index contributed by atoms with van der Waals surface area (Å²) in [6.07, 6.45) is 0. The van der Waals surface area contributed by atoms with Crippen molar-refractivity contribution in [2.75, 3.05) is 12.3 Å². The zero-order chi connectivity index (χ0) is 14.0. The fourth-order valence-electron chi connectivity index (χ4n) is 1.94. The Bertz CT molecular complexity index is 619. The van der Waals surface area contributed by atoms with Crippen LogP contribution in [0.15, 0.2) is 23.6 Å². The van der Waals surface area contributed by atoms with Gasteiger partial charge in [0.15, 0.2) is 0 Å². The Balaban J connectivity index is 2.48. The maximum absolute atomic E-state index is 11.2. The fraction of sp³-hybridized carbons (Fsp3) is 0.214. The third kappa shape index (κ3) is 2.56. The van der Waals surface area contributed by atoms with E-state index in [0.717, 1.165) is 16.9 Å². The van der Waals surface area contributed by atoms with E-state index in [1.807, 2.05) is 32.0 Å². The second-order valence-electron chi connectivity index (χ2n) is 4.11. The van der Waals surface area contributed by atoms with Crippen molar-refractivity contribution in [3.05, 3.63) is 34.7 Å². The molecule has 19 heavy (non-hydrogen) atoms. The van der Waals surface area contributed by atoms with Crippen molar-refractivity contribution in [1.29, 1.82) is 0 Å². The average Bonchev–Trinajstić information content (AvgIpc) is 2.74. The lowest BCUT2D eigenvalue weighted by molar-refractivity contribution is 0.0699. The van der Waals surface area contributed by atoms with Gasteiger partial charge in [0.2, 0.25) is 0 Å². The summed E-state index contributed by atoms with van der Waals surface area (Å²) in [6.45, 7) is 4.46. The highest BCUT2D eigenvalue weighted by Gasteiger charge is 2.18. The number of nitrogen functional groups attached to an aromatic ring is 1. The molecule has 0 aliphatic carbocycles. The van der Waals surface area contributed by atoms with Crippen molar-refractivity contribution < 1.29 is 14.6 Å². The maximum Gasteiger partial charge on any atom is 0.339 e. The van der Waals surface area contributed by atoms with Gasteiger partial charge in [0.25, 0.3) is 0 Å². The number of carboxylic acid groups (broad SMARTS) is 1. The topological polar surface area (TPSA) is 72.5 Å². The highest BCUT2D eigenvalue weighted by atomic mass is 32.1. The van der Waals surface area contributed by atoms with E-state index in [4.69, 9.17) is 10.5 Å². The summed E-state index contributed by atoms with van der Waals surface area (Å²) in [6, 6.07) is 5.62. The molecule has 2 rings (SSSR count). The Labute approximate surface area is 115 Å². The number of thiophene rings is 1. The number of anilines is 1. The van der Waals surface area contributed by atoms with Crippen molar-refractivity contribution in [3.63, 3.8) is 0 Å². The van der Waals surface area contributed by atoms with E-state index in [1.54, 1.807) is 5.38 Å². The van der Waals surface area contributed by atoms with E-state index >= 15 is 0 Å². The first kappa shape index (κ1) is 13.4. The lowest BCUT2D eigenvalue weighted by Gasteiger charge is -2.09. The van der Waals surface area contributed by atoms with Crippen molar-refractivity contribution in [2.45, 2.75) is 13.8 Å². The van der Waals surface area contributed by atoms with Crippen LogP contribution in [-0.4, -0.2) is 17.7 Å². The first-order valence-electron chi connectivity index (χ1n) is 5.88. The molecule has 0 bridgehead atoms. The minimum absolute atomic E-state index is 0.175. The summed E-state index contributed by atoms with van der Waals surface area (Å²) in [4.78, 5) is 11.2. The Morgan fingerprint density at radius 1 is 1.47 bits per heavy atom. The average molecular weight is 277 g/mol. The molecule has 0 atom stereocenters. The van der Waals surface area contributed by atoms with E-state index in [2.05, 4.69) is 0 Å². The van der Waals surface area contributed by atoms with Crippen molar-refractivity contribution in [1.82, 2.24) is 0 Å². The minimum Gasteiger partial charge on any atom is -0.494 e. The van der Waals surface area contributed by atoms with E-state index in [1.165, 1.54) is 11.3 Å². The number of rotatable bonds is 4. The number of hydrogen-bond acceptors (Lipinski definition) is 4. The standard InChI is InChI=1S/C14H15NO3S/c1-3-18-11-5-4-9(6-8(11)2)10-7-19-13(15)12(10)14(16)17/h4-7H,3,15H2,1-2H3,(H,16,17). The molecule has 2 aromatic rings. The molecule has 0 amide bonds. The molecular formula is C14H15NO3S. The number of aromatic carboxylic acids is 1. The smallest absolute Gasteiger partial charge is 0.339 e. The monoisotopic (exact) mass is 277 g/mol. The normalized spacial score (nSPS) is 10.4. The van der Waals surface area contributed by atoms with Crippen molar-refractivity contribution in [2.24, 2.45) is 0 Å². The Hall–Kier alpha value is -2.01. The van der Waals surface area contributed by atoms with E-state index in [9.17, 15) is 9.90 Å². The van der Waals surface area contributed by atoms with Gasteiger partial charge in [-0.3, -0.25) is 0 Å². The predicted molar refractivity (Wildman–Crippen MR) is 77.0 cm³/mol.